The molecule has 1 aromatic carbocycles. The van der Waals surface area contributed by atoms with Gasteiger partial charge in [0, 0.05) is 17.9 Å². The van der Waals surface area contributed by atoms with Gasteiger partial charge in [0.1, 0.15) is 0 Å². The standard InChI is InChI=1S/C22H33NO4SSi/c1-17(2)29(18(3)4,19(5)6)27-22(24)15-11-14-21(16-23-28(7,25)26)20-12-9-8-10-13-20/h8-19H,1-7H3/b15-11+,21-14+,23-16+. The molecule has 0 aromatic heterocycles. The van der Waals surface area contributed by atoms with Crippen LogP contribution < -0.4 is 0 Å². The van der Waals surface area contributed by atoms with E-state index in [-0.39, 0.29) is 5.97 Å². The third-order valence-corrected chi connectivity index (χ3v) is 11.4. The van der Waals surface area contributed by atoms with E-state index < -0.39 is 18.3 Å². The normalized spacial score (nSPS) is 13.9. The summed E-state index contributed by atoms with van der Waals surface area (Å²) in [4.78, 5) is 12.6. The van der Waals surface area contributed by atoms with E-state index in [1.807, 2.05) is 30.3 Å². The molecule has 0 atom stereocenters. The number of allylic oxidation sites excluding steroid dienone is 3. The summed E-state index contributed by atoms with van der Waals surface area (Å²) in [6, 6.07) is 9.27. The second-order valence-corrected chi connectivity index (χ2v) is 15.1. The van der Waals surface area contributed by atoms with E-state index in [1.165, 1.54) is 12.3 Å². The minimum Gasteiger partial charge on any atom is -0.515 e. The molecule has 29 heavy (non-hydrogen) atoms. The van der Waals surface area contributed by atoms with Gasteiger partial charge in [-0.25, -0.2) is 13.2 Å². The zero-order chi connectivity index (χ0) is 22.2. The van der Waals surface area contributed by atoms with Crippen LogP contribution in [0.25, 0.3) is 5.57 Å². The SMILES string of the molecule is CC(C)[Si](OC(=O)/C=C/C=C(\C=N\S(C)(=O)=O)c1ccccc1)(C(C)C)C(C)C. The van der Waals surface area contributed by atoms with Gasteiger partial charge in [-0.2, -0.15) is 4.40 Å². The molecule has 0 radical (unpaired) electrons. The molecule has 7 heteroatoms. The highest BCUT2D eigenvalue weighted by atomic mass is 32.2. The van der Waals surface area contributed by atoms with Crippen molar-refractivity contribution in [3.05, 3.63) is 54.1 Å². The van der Waals surface area contributed by atoms with Crippen molar-refractivity contribution in [1.82, 2.24) is 0 Å². The highest BCUT2D eigenvalue weighted by Gasteiger charge is 2.47. The van der Waals surface area contributed by atoms with Gasteiger partial charge >= 0.3 is 5.97 Å². The lowest BCUT2D eigenvalue weighted by Gasteiger charge is -2.40. The molecule has 0 aliphatic carbocycles. The molecule has 0 bridgehead atoms. The summed E-state index contributed by atoms with van der Waals surface area (Å²) in [5, 5.41) is 0. The number of carbonyl (C=O) groups excluding carboxylic acids is 1. The van der Waals surface area contributed by atoms with Crippen molar-refractivity contribution in [3.8, 4) is 0 Å². The first-order valence-corrected chi connectivity index (χ1v) is 13.8. The van der Waals surface area contributed by atoms with E-state index in [0.29, 0.717) is 22.2 Å². The molecule has 5 nitrogen and oxygen atoms in total. The van der Waals surface area contributed by atoms with Crippen molar-refractivity contribution in [2.24, 2.45) is 4.40 Å². The van der Waals surface area contributed by atoms with E-state index in [9.17, 15) is 13.2 Å². The van der Waals surface area contributed by atoms with E-state index in [2.05, 4.69) is 45.9 Å². The minimum atomic E-state index is -3.50. The van der Waals surface area contributed by atoms with Crippen LogP contribution in [0.1, 0.15) is 47.1 Å². The molecular formula is C22H33NO4SSi. The van der Waals surface area contributed by atoms with Crippen molar-refractivity contribution in [2.75, 3.05) is 6.26 Å². The molecule has 1 rings (SSSR count). The van der Waals surface area contributed by atoms with Gasteiger partial charge in [-0.3, -0.25) is 0 Å². The molecule has 0 spiro atoms. The first-order valence-electron chi connectivity index (χ1n) is 9.82. The molecule has 0 aliphatic rings. The molecule has 1 aromatic rings. The Kier molecular flexibility index (Phi) is 9.23. The topological polar surface area (TPSA) is 72.8 Å². The second kappa shape index (κ2) is 10.7. The first kappa shape index (κ1) is 25.0. The maximum absolute atomic E-state index is 12.6. The van der Waals surface area contributed by atoms with Gasteiger partial charge in [-0.05, 0) is 22.2 Å². The molecule has 160 valence electrons. The van der Waals surface area contributed by atoms with Crippen LogP contribution in [-0.2, 0) is 19.2 Å². The largest absolute Gasteiger partial charge is 0.515 e. The lowest BCUT2D eigenvalue weighted by Crippen LogP contribution is -2.49. The summed E-state index contributed by atoms with van der Waals surface area (Å²) >= 11 is 0. The minimum absolute atomic E-state index is 0.303. The molecule has 0 fully saturated rings. The van der Waals surface area contributed by atoms with E-state index in [0.717, 1.165) is 11.8 Å². The maximum Gasteiger partial charge on any atom is 0.317 e. The Hall–Kier alpha value is -1.99. The Bertz CT molecular complexity index is 848. The summed E-state index contributed by atoms with van der Waals surface area (Å²) in [6.45, 7) is 12.7. The van der Waals surface area contributed by atoms with Crippen LogP contribution in [0, 0.1) is 0 Å². The van der Waals surface area contributed by atoms with Gasteiger partial charge in [0.05, 0.1) is 6.26 Å². The number of nitrogens with zero attached hydrogens (tertiary/aromatic N) is 1. The fourth-order valence-electron chi connectivity index (χ4n) is 3.79. The highest BCUT2D eigenvalue weighted by molar-refractivity contribution is 7.89. The fraction of sp³-hybridized carbons (Fsp3) is 0.455. The molecule has 0 saturated carbocycles. The van der Waals surface area contributed by atoms with E-state index in [1.54, 1.807) is 12.2 Å². The van der Waals surface area contributed by atoms with Gasteiger partial charge in [-0.1, -0.05) is 84.0 Å². The molecule has 0 heterocycles. The van der Waals surface area contributed by atoms with Gasteiger partial charge in [0.25, 0.3) is 8.32 Å². The van der Waals surface area contributed by atoms with E-state index >= 15 is 0 Å². The van der Waals surface area contributed by atoms with Gasteiger partial charge in [0.2, 0.25) is 10.0 Å². The average molecular weight is 436 g/mol. The fourth-order valence-corrected chi connectivity index (χ4v) is 9.22. The summed E-state index contributed by atoms with van der Waals surface area (Å²) < 4.78 is 32.4. The number of hydrogen-bond acceptors (Lipinski definition) is 4. The Morgan fingerprint density at radius 3 is 1.97 bits per heavy atom. The monoisotopic (exact) mass is 435 g/mol. The summed E-state index contributed by atoms with van der Waals surface area (Å²) in [7, 11) is -5.80. The van der Waals surface area contributed by atoms with Crippen molar-refractivity contribution in [1.29, 1.82) is 0 Å². The van der Waals surface area contributed by atoms with Crippen LogP contribution >= 0.6 is 0 Å². The molecular weight excluding hydrogens is 402 g/mol. The zero-order valence-corrected chi connectivity index (χ0v) is 20.2. The average Bonchev–Trinajstić information content (AvgIpc) is 2.61. The molecule has 0 amide bonds. The third kappa shape index (κ3) is 7.40. The Balaban J connectivity index is 3.15. The molecule has 0 aliphatic heterocycles. The number of benzene rings is 1. The third-order valence-electron chi connectivity index (χ3n) is 4.98. The van der Waals surface area contributed by atoms with Crippen LogP contribution in [0.4, 0.5) is 0 Å². The number of sulfonamides is 1. The molecule has 0 N–H and O–H groups in total. The number of rotatable bonds is 9. The molecule has 0 saturated heterocycles. The van der Waals surface area contributed by atoms with Crippen molar-refractivity contribution in [3.63, 3.8) is 0 Å². The summed E-state index contributed by atoms with van der Waals surface area (Å²) in [5.74, 6) is -0.364. The van der Waals surface area contributed by atoms with Gasteiger partial charge in [-0.15, -0.1) is 0 Å². The smallest absolute Gasteiger partial charge is 0.317 e. The summed E-state index contributed by atoms with van der Waals surface area (Å²) in [6.07, 6.45) is 6.96. The zero-order valence-electron chi connectivity index (χ0n) is 18.4. The lowest BCUT2D eigenvalue weighted by atomic mass is 10.1. The van der Waals surface area contributed by atoms with Crippen molar-refractivity contribution < 1.29 is 17.6 Å². The quantitative estimate of drug-likeness (QED) is 0.226. The number of carbonyl (C=O) groups is 1. The summed E-state index contributed by atoms with van der Waals surface area (Å²) in [5.41, 5.74) is 2.29. The lowest BCUT2D eigenvalue weighted by molar-refractivity contribution is -0.130. The second-order valence-electron chi connectivity index (χ2n) is 8.05. The predicted molar refractivity (Wildman–Crippen MR) is 124 cm³/mol. The van der Waals surface area contributed by atoms with Crippen molar-refractivity contribution >= 4 is 36.1 Å². The predicted octanol–water partition coefficient (Wildman–Crippen LogP) is 5.38. The van der Waals surface area contributed by atoms with Crippen LogP contribution in [0.15, 0.2) is 53.0 Å². The first-order chi connectivity index (χ1) is 13.4. The van der Waals surface area contributed by atoms with Gasteiger partial charge in [0.15, 0.2) is 0 Å². The van der Waals surface area contributed by atoms with E-state index in [4.69, 9.17) is 4.43 Å². The number of hydrogen-bond donors (Lipinski definition) is 0. The van der Waals surface area contributed by atoms with Crippen LogP contribution in [0.5, 0.6) is 0 Å². The van der Waals surface area contributed by atoms with Crippen LogP contribution in [0.2, 0.25) is 16.6 Å². The Morgan fingerprint density at radius 1 is 1.00 bits per heavy atom. The molecule has 0 unspecified atom stereocenters. The van der Waals surface area contributed by atoms with Crippen molar-refractivity contribution in [2.45, 2.75) is 58.2 Å². The Morgan fingerprint density at radius 2 is 1.52 bits per heavy atom. The highest BCUT2D eigenvalue weighted by Crippen LogP contribution is 2.42. The Labute approximate surface area is 176 Å². The van der Waals surface area contributed by atoms with Crippen LogP contribution in [0.3, 0.4) is 0 Å². The van der Waals surface area contributed by atoms with Gasteiger partial charge < -0.3 is 4.43 Å². The maximum atomic E-state index is 12.6. The van der Waals surface area contributed by atoms with Crippen LogP contribution in [-0.4, -0.2) is 35.2 Å².